The Balaban J connectivity index is 2.01. The number of fused-ring (bicyclic) bond motifs is 1. The van der Waals surface area contributed by atoms with Crippen molar-refractivity contribution >= 4 is 0 Å². The first-order valence-corrected chi connectivity index (χ1v) is 6.72. The molecule has 0 aromatic heterocycles. The van der Waals surface area contributed by atoms with E-state index in [4.69, 9.17) is 0 Å². The van der Waals surface area contributed by atoms with Gasteiger partial charge in [0.05, 0.1) is 0 Å². The van der Waals surface area contributed by atoms with Gasteiger partial charge in [0.15, 0.2) is 0 Å². The van der Waals surface area contributed by atoms with Crippen LogP contribution in [0.15, 0.2) is 0 Å². The summed E-state index contributed by atoms with van der Waals surface area (Å²) in [5.41, 5.74) is 0. The molecule has 0 amide bonds. The van der Waals surface area contributed by atoms with Crippen molar-refractivity contribution in [1.29, 1.82) is 0 Å². The Morgan fingerprint density at radius 3 is 2.43 bits per heavy atom. The third-order valence-electron chi connectivity index (χ3n) is 5.30. The van der Waals surface area contributed by atoms with E-state index in [0.717, 1.165) is 29.6 Å². The maximum Gasteiger partial charge on any atom is -0.0355 e. The number of hydrogen-bond acceptors (Lipinski definition) is 0. The topological polar surface area (TPSA) is 0 Å². The minimum Gasteiger partial charge on any atom is -0.0651 e. The minimum absolute atomic E-state index is 0.992. The summed E-state index contributed by atoms with van der Waals surface area (Å²) in [4.78, 5) is 0. The summed E-state index contributed by atoms with van der Waals surface area (Å²) >= 11 is 0. The van der Waals surface area contributed by atoms with E-state index < -0.39 is 0 Å². The van der Waals surface area contributed by atoms with Crippen LogP contribution < -0.4 is 0 Å². The summed E-state index contributed by atoms with van der Waals surface area (Å²) in [6, 6.07) is 0. The highest BCUT2D eigenvalue weighted by molar-refractivity contribution is 4.88. The molecule has 2 rings (SSSR count). The predicted molar refractivity (Wildman–Crippen MR) is 62.2 cm³/mol. The first-order chi connectivity index (χ1) is 6.72. The normalized spacial score (nSPS) is 48.6. The van der Waals surface area contributed by atoms with Crippen LogP contribution in [0, 0.1) is 29.6 Å². The predicted octanol–water partition coefficient (Wildman–Crippen LogP) is 4.49. The lowest BCUT2D eigenvalue weighted by Gasteiger charge is -2.45. The maximum absolute atomic E-state index is 2.51. The van der Waals surface area contributed by atoms with Gasteiger partial charge in [-0.3, -0.25) is 0 Å². The van der Waals surface area contributed by atoms with Crippen molar-refractivity contribution in [2.75, 3.05) is 0 Å². The minimum atomic E-state index is 0.992. The molecule has 5 atom stereocenters. The Bertz CT molecular complexity index is 182. The van der Waals surface area contributed by atoms with Gasteiger partial charge < -0.3 is 0 Å². The van der Waals surface area contributed by atoms with Gasteiger partial charge in [0, 0.05) is 0 Å². The molecule has 0 radical (unpaired) electrons. The quantitative estimate of drug-likeness (QED) is 0.577. The Hall–Kier alpha value is 0. The molecular weight excluding hydrogens is 168 g/mol. The molecule has 0 spiro atoms. The molecule has 2 aliphatic carbocycles. The van der Waals surface area contributed by atoms with Crippen LogP contribution in [0.2, 0.25) is 0 Å². The summed E-state index contributed by atoms with van der Waals surface area (Å²) in [6.45, 7) is 7.36. The van der Waals surface area contributed by atoms with Crippen molar-refractivity contribution < 1.29 is 0 Å². The molecule has 2 aliphatic rings. The molecule has 0 heterocycles. The molecule has 82 valence electrons. The molecule has 0 nitrogen and oxygen atoms in total. The summed E-state index contributed by atoms with van der Waals surface area (Å²) in [6.07, 6.45) is 9.07. The van der Waals surface area contributed by atoms with Crippen LogP contribution in [0.25, 0.3) is 0 Å². The second kappa shape index (κ2) is 4.24. The largest absolute Gasteiger partial charge is 0.0651 e. The van der Waals surface area contributed by atoms with E-state index in [-0.39, 0.29) is 0 Å². The molecule has 0 heteroatoms. The van der Waals surface area contributed by atoms with Gasteiger partial charge in [0.2, 0.25) is 0 Å². The molecule has 0 aromatic carbocycles. The summed E-state index contributed by atoms with van der Waals surface area (Å²) in [5.74, 6) is 5.24. The van der Waals surface area contributed by atoms with Gasteiger partial charge >= 0.3 is 0 Å². The molecule has 2 saturated carbocycles. The fraction of sp³-hybridized carbons (Fsp3) is 1.00. The molecule has 0 saturated heterocycles. The zero-order chi connectivity index (χ0) is 10.1. The number of hydrogen-bond donors (Lipinski definition) is 0. The SMILES string of the molecule is CCC1CCC2CCC(C)C(C)C2C1. The van der Waals surface area contributed by atoms with E-state index in [2.05, 4.69) is 20.8 Å². The fourth-order valence-electron chi connectivity index (χ4n) is 3.89. The van der Waals surface area contributed by atoms with Gasteiger partial charge in [-0.25, -0.2) is 0 Å². The van der Waals surface area contributed by atoms with Gasteiger partial charge in [0.1, 0.15) is 0 Å². The standard InChI is InChI=1S/C14H26/c1-4-12-6-8-13-7-5-10(2)11(3)14(13)9-12/h10-14H,4-9H2,1-3H3. The third kappa shape index (κ3) is 1.85. The average Bonchev–Trinajstić information content (AvgIpc) is 2.23. The summed E-state index contributed by atoms with van der Waals surface area (Å²) < 4.78 is 0. The highest BCUT2D eigenvalue weighted by Gasteiger charge is 2.38. The molecule has 0 bridgehead atoms. The maximum atomic E-state index is 2.51. The van der Waals surface area contributed by atoms with Crippen molar-refractivity contribution in [3.63, 3.8) is 0 Å². The lowest BCUT2D eigenvalue weighted by Crippen LogP contribution is -2.36. The second-order valence-electron chi connectivity index (χ2n) is 5.93. The van der Waals surface area contributed by atoms with E-state index in [1.165, 1.54) is 25.7 Å². The lowest BCUT2D eigenvalue weighted by molar-refractivity contribution is 0.0480. The van der Waals surface area contributed by atoms with Crippen molar-refractivity contribution in [1.82, 2.24) is 0 Å². The fourth-order valence-corrected chi connectivity index (χ4v) is 3.89. The molecule has 2 fully saturated rings. The van der Waals surface area contributed by atoms with Crippen LogP contribution in [0.3, 0.4) is 0 Å². The van der Waals surface area contributed by atoms with Gasteiger partial charge in [-0.05, 0) is 48.9 Å². The highest BCUT2D eigenvalue weighted by atomic mass is 14.4. The van der Waals surface area contributed by atoms with E-state index in [0.29, 0.717) is 0 Å². The van der Waals surface area contributed by atoms with Gasteiger partial charge in [-0.15, -0.1) is 0 Å². The third-order valence-corrected chi connectivity index (χ3v) is 5.30. The zero-order valence-corrected chi connectivity index (χ0v) is 10.1. The van der Waals surface area contributed by atoms with Crippen molar-refractivity contribution in [2.45, 2.75) is 59.3 Å². The Labute approximate surface area is 89.5 Å². The highest BCUT2D eigenvalue weighted by Crippen LogP contribution is 2.48. The van der Waals surface area contributed by atoms with Crippen molar-refractivity contribution in [3.8, 4) is 0 Å². The Kier molecular flexibility index (Phi) is 3.19. The van der Waals surface area contributed by atoms with Crippen molar-refractivity contribution in [3.05, 3.63) is 0 Å². The molecule has 5 unspecified atom stereocenters. The van der Waals surface area contributed by atoms with Gasteiger partial charge in [0.25, 0.3) is 0 Å². The van der Waals surface area contributed by atoms with E-state index in [1.54, 1.807) is 12.8 Å². The van der Waals surface area contributed by atoms with Gasteiger partial charge in [-0.2, -0.15) is 0 Å². The van der Waals surface area contributed by atoms with Crippen LogP contribution >= 0.6 is 0 Å². The van der Waals surface area contributed by atoms with E-state index in [9.17, 15) is 0 Å². The van der Waals surface area contributed by atoms with Crippen LogP contribution in [-0.2, 0) is 0 Å². The molecular formula is C14H26. The monoisotopic (exact) mass is 194 g/mol. The van der Waals surface area contributed by atoms with E-state index >= 15 is 0 Å². The summed E-state index contributed by atoms with van der Waals surface area (Å²) in [5, 5.41) is 0. The van der Waals surface area contributed by atoms with E-state index in [1.807, 2.05) is 0 Å². The van der Waals surface area contributed by atoms with Crippen LogP contribution in [0.4, 0.5) is 0 Å². The lowest BCUT2D eigenvalue weighted by atomic mass is 9.60. The summed E-state index contributed by atoms with van der Waals surface area (Å²) in [7, 11) is 0. The molecule has 14 heavy (non-hydrogen) atoms. The van der Waals surface area contributed by atoms with Gasteiger partial charge in [-0.1, -0.05) is 40.0 Å². The van der Waals surface area contributed by atoms with Crippen LogP contribution in [-0.4, -0.2) is 0 Å². The Morgan fingerprint density at radius 2 is 1.71 bits per heavy atom. The average molecular weight is 194 g/mol. The van der Waals surface area contributed by atoms with Crippen LogP contribution in [0.5, 0.6) is 0 Å². The Morgan fingerprint density at radius 1 is 1.00 bits per heavy atom. The smallest absolute Gasteiger partial charge is 0.0355 e. The van der Waals surface area contributed by atoms with Crippen LogP contribution in [0.1, 0.15) is 59.3 Å². The van der Waals surface area contributed by atoms with Crippen molar-refractivity contribution in [2.24, 2.45) is 29.6 Å². The first kappa shape index (κ1) is 10.5. The zero-order valence-electron chi connectivity index (χ0n) is 10.1. The molecule has 0 aromatic rings. The first-order valence-electron chi connectivity index (χ1n) is 6.72. The molecule has 0 N–H and O–H groups in total. The number of rotatable bonds is 1. The molecule has 0 aliphatic heterocycles. The second-order valence-corrected chi connectivity index (χ2v) is 5.93.